The zero-order chi connectivity index (χ0) is 12.7. The summed E-state index contributed by atoms with van der Waals surface area (Å²) >= 11 is 0. The van der Waals surface area contributed by atoms with Gasteiger partial charge >= 0.3 is 0 Å². The van der Waals surface area contributed by atoms with Gasteiger partial charge in [0.15, 0.2) is 0 Å². The van der Waals surface area contributed by atoms with Crippen molar-refractivity contribution in [2.24, 2.45) is 0 Å². The number of nitro benzene ring substituents is 1. The summed E-state index contributed by atoms with van der Waals surface area (Å²) in [6, 6.07) is 5.39. The SMILES string of the molecule is O=[N+]([O-])c1ccc([C@@]2(CS(=O)(=O)O)CO2)cc1. The lowest BCUT2D eigenvalue weighted by molar-refractivity contribution is -0.384. The summed E-state index contributed by atoms with van der Waals surface area (Å²) in [5.74, 6) is -0.544. The van der Waals surface area contributed by atoms with Crippen molar-refractivity contribution in [1.82, 2.24) is 0 Å². The minimum Gasteiger partial charge on any atom is -0.363 e. The number of hydrogen-bond acceptors (Lipinski definition) is 5. The Hall–Kier alpha value is -1.51. The topological polar surface area (TPSA) is 110 Å². The summed E-state index contributed by atoms with van der Waals surface area (Å²) < 4.78 is 35.4. The molecule has 0 aromatic heterocycles. The third-order valence-electron chi connectivity index (χ3n) is 2.51. The van der Waals surface area contributed by atoms with Crippen LogP contribution in [0.1, 0.15) is 5.56 Å². The van der Waals surface area contributed by atoms with E-state index in [-0.39, 0.29) is 12.3 Å². The molecule has 1 aromatic carbocycles. The summed E-state index contributed by atoms with van der Waals surface area (Å²) in [5, 5.41) is 10.4. The van der Waals surface area contributed by atoms with Crippen molar-refractivity contribution in [3.05, 3.63) is 39.9 Å². The van der Waals surface area contributed by atoms with E-state index in [1.807, 2.05) is 0 Å². The molecule has 1 aliphatic rings. The molecule has 8 heteroatoms. The Balaban J connectivity index is 2.26. The Bertz CT molecular complexity index is 545. The molecule has 2 rings (SSSR count). The molecule has 0 radical (unpaired) electrons. The van der Waals surface area contributed by atoms with Gasteiger partial charge in [-0.3, -0.25) is 14.7 Å². The van der Waals surface area contributed by atoms with Gasteiger partial charge < -0.3 is 4.74 Å². The fourth-order valence-corrected chi connectivity index (χ4v) is 2.52. The lowest BCUT2D eigenvalue weighted by Gasteiger charge is -2.09. The highest BCUT2D eigenvalue weighted by Crippen LogP contribution is 2.40. The van der Waals surface area contributed by atoms with E-state index in [1.165, 1.54) is 24.3 Å². The molecule has 1 aromatic rings. The third kappa shape index (κ3) is 2.60. The van der Waals surface area contributed by atoms with Gasteiger partial charge in [0, 0.05) is 12.1 Å². The van der Waals surface area contributed by atoms with Crippen molar-refractivity contribution in [3.63, 3.8) is 0 Å². The number of epoxide rings is 1. The first kappa shape index (κ1) is 12.0. The second-order valence-corrected chi connectivity index (χ2v) is 5.27. The van der Waals surface area contributed by atoms with Gasteiger partial charge in [-0.15, -0.1) is 0 Å². The van der Waals surface area contributed by atoms with Crippen molar-refractivity contribution in [3.8, 4) is 0 Å². The van der Waals surface area contributed by atoms with Gasteiger partial charge in [0.1, 0.15) is 11.4 Å². The smallest absolute Gasteiger partial charge is 0.269 e. The van der Waals surface area contributed by atoms with Crippen LogP contribution in [0.15, 0.2) is 24.3 Å². The van der Waals surface area contributed by atoms with Gasteiger partial charge in [-0.05, 0) is 17.7 Å². The molecule has 1 fully saturated rings. The molecule has 1 saturated heterocycles. The average Bonchev–Trinajstić information content (AvgIpc) is 2.96. The van der Waals surface area contributed by atoms with Gasteiger partial charge in [-0.1, -0.05) is 0 Å². The standard InChI is InChI=1S/C9H9NO6S/c11-10(12)8-3-1-7(2-4-8)9(5-16-9)6-17(13,14)15/h1-4H,5-6H2,(H,13,14,15)/t9-/m0/s1. The van der Waals surface area contributed by atoms with E-state index in [9.17, 15) is 18.5 Å². The van der Waals surface area contributed by atoms with Crippen LogP contribution in [0.4, 0.5) is 5.69 Å². The summed E-state index contributed by atoms with van der Waals surface area (Å²) in [6.07, 6.45) is 0. The molecule has 0 unspecified atom stereocenters. The van der Waals surface area contributed by atoms with E-state index in [4.69, 9.17) is 9.29 Å². The van der Waals surface area contributed by atoms with E-state index >= 15 is 0 Å². The molecule has 0 bridgehead atoms. The number of ether oxygens (including phenoxy) is 1. The molecule has 0 aliphatic carbocycles. The van der Waals surface area contributed by atoms with Crippen LogP contribution in [0.25, 0.3) is 0 Å². The monoisotopic (exact) mass is 259 g/mol. The number of non-ortho nitro benzene ring substituents is 1. The molecule has 92 valence electrons. The fraction of sp³-hybridized carbons (Fsp3) is 0.333. The first-order valence-electron chi connectivity index (χ1n) is 4.66. The molecule has 0 spiro atoms. The van der Waals surface area contributed by atoms with Crippen LogP contribution in [-0.2, 0) is 20.5 Å². The van der Waals surface area contributed by atoms with Crippen LogP contribution in [0.5, 0.6) is 0 Å². The maximum atomic E-state index is 10.8. The quantitative estimate of drug-likeness (QED) is 0.369. The predicted molar refractivity (Wildman–Crippen MR) is 57.1 cm³/mol. The van der Waals surface area contributed by atoms with Crippen LogP contribution >= 0.6 is 0 Å². The molecular weight excluding hydrogens is 250 g/mol. The van der Waals surface area contributed by atoms with Gasteiger partial charge in [0.2, 0.25) is 0 Å². The molecule has 1 atom stereocenters. The van der Waals surface area contributed by atoms with Crippen molar-refractivity contribution >= 4 is 15.8 Å². The summed E-state index contributed by atoms with van der Waals surface area (Å²) in [5.41, 5.74) is -0.639. The zero-order valence-electron chi connectivity index (χ0n) is 8.57. The Morgan fingerprint density at radius 3 is 2.29 bits per heavy atom. The minimum atomic E-state index is -4.15. The van der Waals surface area contributed by atoms with E-state index in [2.05, 4.69) is 0 Å². The molecule has 7 nitrogen and oxygen atoms in total. The van der Waals surface area contributed by atoms with Crippen molar-refractivity contribution in [1.29, 1.82) is 0 Å². The van der Waals surface area contributed by atoms with Crippen LogP contribution < -0.4 is 0 Å². The van der Waals surface area contributed by atoms with Gasteiger partial charge in [0.05, 0.1) is 11.5 Å². The highest BCUT2D eigenvalue weighted by Gasteiger charge is 2.49. The zero-order valence-corrected chi connectivity index (χ0v) is 9.38. The van der Waals surface area contributed by atoms with Crippen molar-refractivity contribution in [2.45, 2.75) is 5.60 Å². The Kier molecular flexibility index (Phi) is 2.64. The van der Waals surface area contributed by atoms with Crippen LogP contribution in [0.3, 0.4) is 0 Å². The van der Waals surface area contributed by atoms with E-state index in [0.29, 0.717) is 5.56 Å². The Morgan fingerprint density at radius 2 is 1.94 bits per heavy atom. The Labute approximate surface area is 96.9 Å². The Morgan fingerprint density at radius 1 is 1.41 bits per heavy atom. The molecule has 1 heterocycles. The largest absolute Gasteiger partial charge is 0.363 e. The second-order valence-electron chi connectivity index (χ2n) is 3.81. The highest BCUT2D eigenvalue weighted by atomic mass is 32.2. The molecule has 0 amide bonds. The first-order chi connectivity index (χ1) is 7.82. The lowest BCUT2D eigenvalue weighted by Crippen LogP contribution is -2.21. The van der Waals surface area contributed by atoms with Gasteiger partial charge in [0.25, 0.3) is 15.8 Å². The molecule has 1 aliphatic heterocycles. The van der Waals surface area contributed by atoms with E-state index in [1.54, 1.807) is 0 Å². The van der Waals surface area contributed by atoms with Crippen molar-refractivity contribution in [2.75, 3.05) is 12.4 Å². The fourth-order valence-electron chi connectivity index (χ4n) is 1.60. The number of hydrogen-bond donors (Lipinski definition) is 1. The second kappa shape index (κ2) is 3.76. The predicted octanol–water partition coefficient (Wildman–Crippen LogP) is 0.708. The lowest BCUT2D eigenvalue weighted by atomic mass is 10.0. The van der Waals surface area contributed by atoms with Crippen LogP contribution in [-0.4, -0.2) is 30.3 Å². The summed E-state index contributed by atoms with van der Waals surface area (Å²) in [7, 11) is -4.15. The first-order valence-corrected chi connectivity index (χ1v) is 6.27. The maximum Gasteiger partial charge on any atom is 0.269 e. The number of nitro groups is 1. The normalized spacial score (nSPS) is 23.4. The molecule has 1 N–H and O–H groups in total. The number of benzene rings is 1. The van der Waals surface area contributed by atoms with Crippen molar-refractivity contribution < 1.29 is 22.6 Å². The molecule has 17 heavy (non-hydrogen) atoms. The maximum absolute atomic E-state index is 10.8. The third-order valence-corrected chi connectivity index (χ3v) is 3.34. The van der Waals surface area contributed by atoms with E-state index in [0.717, 1.165) is 0 Å². The van der Waals surface area contributed by atoms with Crippen LogP contribution in [0.2, 0.25) is 0 Å². The summed E-state index contributed by atoms with van der Waals surface area (Å²) in [4.78, 5) is 9.90. The van der Waals surface area contributed by atoms with E-state index < -0.39 is 26.4 Å². The van der Waals surface area contributed by atoms with Gasteiger partial charge in [-0.2, -0.15) is 8.42 Å². The molecule has 0 saturated carbocycles. The highest BCUT2D eigenvalue weighted by molar-refractivity contribution is 7.85. The summed E-state index contributed by atoms with van der Waals surface area (Å²) in [6.45, 7) is 0.171. The number of rotatable bonds is 4. The number of nitrogens with zero attached hydrogens (tertiary/aromatic N) is 1. The minimum absolute atomic E-state index is 0.0867. The average molecular weight is 259 g/mol. The molecular formula is C9H9NO6S. The van der Waals surface area contributed by atoms with Gasteiger partial charge in [-0.25, -0.2) is 0 Å². The van der Waals surface area contributed by atoms with Crippen LogP contribution in [0, 0.1) is 10.1 Å².